The molecule has 0 spiro atoms. The number of anilines is 2. The van der Waals surface area contributed by atoms with Crippen molar-refractivity contribution in [2.24, 2.45) is 0 Å². The first-order valence-corrected chi connectivity index (χ1v) is 11.5. The average molecular weight is 421 g/mol. The number of benzene rings is 1. The van der Waals surface area contributed by atoms with Gasteiger partial charge in [-0.05, 0) is 37.1 Å². The van der Waals surface area contributed by atoms with E-state index in [-0.39, 0.29) is 10.9 Å². The molecule has 3 heterocycles. The fourth-order valence-corrected chi connectivity index (χ4v) is 6.81. The van der Waals surface area contributed by atoms with Gasteiger partial charge in [-0.15, -0.1) is 11.3 Å². The van der Waals surface area contributed by atoms with Crippen molar-refractivity contribution in [3.63, 3.8) is 0 Å². The molecule has 2 aromatic heterocycles. The smallest absolute Gasteiger partial charge is 0.276 e. The topological polar surface area (TPSA) is 66.4 Å². The van der Waals surface area contributed by atoms with Gasteiger partial charge >= 0.3 is 0 Å². The molecule has 1 aliphatic carbocycles. The number of hydrogen-bond donors (Lipinski definition) is 0. The van der Waals surface area contributed by atoms with Gasteiger partial charge in [0.25, 0.3) is 10.0 Å². The minimum absolute atomic E-state index is 0.224. The summed E-state index contributed by atoms with van der Waals surface area (Å²) in [6, 6.07) is 11.0. The Bertz CT molecular complexity index is 1130. The van der Waals surface area contributed by atoms with Crippen LogP contribution in [0.4, 0.5) is 11.6 Å². The van der Waals surface area contributed by atoms with Gasteiger partial charge in [-0.2, -0.15) is 0 Å². The Balaban J connectivity index is 1.67. The Morgan fingerprint density at radius 3 is 2.30 bits per heavy atom. The van der Waals surface area contributed by atoms with E-state index < -0.39 is 10.0 Å². The Labute approximate surface area is 166 Å². The maximum atomic E-state index is 13.3. The molecule has 0 bridgehead atoms. The Hall–Kier alpha value is -1.90. The Kier molecular flexibility index (Phi) is 4.03. The molecule has 1 fully saturated rings. The lowest BCUT2D eigenvalue weighted by Gasteiger charge is -2.25. The van der Waals surface area contributed by atoms with Crippen LogP contribution in [-0.4, -0.2) is 31.1 Å². The second kappa shape index (κ2) is 6.32. The number of fused-ring (bicyclic) bond motifs is 2. The standard InChI is InChI=1S/C18H17ClN4O2S2/c19-15-9-10-16(26-15)27(24,25)23-11-22(12-5-1-2-6-12)17-18(23)21-14-8-4-3-7-13(14)20-17/h3-4,7-10,12H,1-2,5-6,11H2. The maximum Gasteiger partial charge on any atom is 0.276 e. The molecule has 1 saturated carbocycles. The van der Waals surface area contributed by atoms with Crippen LogP contribution < -0.4 is 9.21 Å². The number of sulfonamides is 1. The molecular formula is C18H17ClN4O2S2. The van der Waals surface area contributed by atoms with Crippen molar-refractivity contribution >= 4 is 55.6 Å². The van der Waals surface area contributed by atoms with Crippen molar-refractivity contribution in [3.8, 4) is 0 Å². The molecule has 0 unspecified atom stereocenters. The molecule has 140 valence electrons. The van der Waals surface area contributed by atoms with Crippen LogP contribution in [0.25, 0.3) is 11.0 Å². The first-order chi connectivity index (χ1) is 13.0. The van der Waals surface area contributed by atoms with E-state index in [1.54, 1.807) is 12.1 Å². The third kappa shape index (κ3) is 2.78. The van der Waals surface area contributed by atoms with E-state index in [0.717, 1.165) is 42.5 Å². The van der Waals surface area contributed by atoms with Crippen molar-refractivity contribution < 1.29 is 8.42 Å². The summed E-state index contributed by atoms with van der Waals surface area (Å²) in [4.78, 5) is 11.6. The molecule has 5 rings (SSSR count). The van der Waals surface area contributed by atoms with E-state index in [1.165, 1.54) is 4.31 Å². The van der Waals surface area contributed by atoms with Gasteiger partial charge in [-0.1, -0.05) is 36.6 Å². The van der Waals surface area contributed by atoms with E-state index in [4.69, 9.17) is 16.6 Å². The van der Waals surface area contributed by atoms with Crippen molar-refractivity contribution in [1.29, 1.82) is 0 Å². The molecule has 0 atom stereocenters. The molecule has 1 aromatic carbocycles. The van der Waals surface area contributed by atoms with Crippen LogP contribution in [0, 0.1) is 0 Å². The van der Waals surface area contributed by atoms with E-state index in [9.17, 15) is 8.42 Å². The van der Waals surface area contributed by atoms with Gasteiger partial charge in [0.2, 0.25) is 0 Å². The van der Waals surface area contributed by atoms with Gasteiger partial charge in [0.05, 0.1) is 15.4 Å². The molecular weight excluding hydrogens is 404 g/mol. The van der Waals surface area contributed by atoms with Gasteiger partial charge in [-0.25, -0.2) is 22.7 Å². The summed E-state index contributed by atoms with van der Waals surface area (Å²) >= 11 is 7.04. The molecule has 0 radical (unpaired) electrons. The zero-order chi connectivity index (χ0) is 18.6. The monoisotopic (exact) mass is 420 g/mol. The van der Waals surface area contributed by atoms with Crippen molar-refractivity contribution in [2.75, 3.05) is 15.9 Å². The molecule has 0 saturated heterocycles. The number of aromatic nitrogens is 2. The summed E-state index contributed by atoms with van der Waals surface area (Å²) in [5.41, 5.74) is 1.46. The van der Waals surface area contributed by atoms with Crippen LogP contribution >= 0.6 is 22.9 Å². The second-order valence-electron chi connectivity index (χ2n) is 6.82. The number of nitrogens with zero attached hydrogens (tertiary/aromatic N) is 4. The molecule has 3 aromatic rings. The number of thiophene rings is 1. The van der Waals surface area contributed by atoms with Crippen LogP contribution in [0.1, 0.15) is 25.7 Å². The normalized spacial score (nSPS) is 17.8. The third-order valence-corrected chi connectivity index (χ3v) is 8.60. The van der Waals surface area contributed by atoms with Crippen LogP contribution in [-0.2, 0) is 10.0 Å². The summed E-state index contributed by atoms with van der Waals surface area (Å²) in [5, 5.41) is 0. The summed E-state index contributed by atoms with van der Waals surface area (Å²) in [6.07, 6.45) is 4.41. The van der Waals surface area contributed by atoms with Gasteiger partial charge in [-0.3, -0.25) is 0 Å². The fourth-order valence-electron chi connectivity index (χ4n) is 3.85. The van der Waals surface area contributed by atoms with E-state index in [2.05, 4.69) is 9.88 Å². The molecule has 9 heteroatoms. The predicted molar refractivity (Wildman–Crippen MR) is 108 cm³/mol. The number of rotatable bonds is 3. The summed E-state index contributed by atoms with van der Waals surface area (Å²) in [7, 11) is -3.74. The summed E-state index contributed by atoms with van der Waals surface area (Å²) in [5.74, 6) is 1.07. The third-order valence-electron chi connectivity index (χ3n) is 5.18. The maximum absolute atomic E-state index is 13.3. The number of halogens is 1. The lowest BCUT2D eigenvalue weighted by atomic mass is 10.2. The van der Waals surface area contributed by atoms with E-state index >= 15 is 0 Å². The van der Waals surface area contributed by atoms with Gasteiger partial charge < -0.3 is 4.90 Å². The Morgan fingerprint density at radius 1 is 1.00 bits per heavy atom. The summed E-state index contributed by atoms with van der Waals surface area (Å²) in [6.45, 7) is 0.244. The van der Waals surface area contributed by atoms with Crippen LogP contribution in [0.3, 0.4) is 0 Å². The largest absolute Gasteiger partial charge is 0.332 e. The molecule has 6 nitrogen and oxygen atoms in total. The van der Waals surface area contributed by atoms with Crippen LogP contribution in [0.2, 0.25) is 4.34 Å². The number of para-hydroxylation sites is 2. The second-order valence-corrected chi connectivity index (χ2v) is 10.6. The van der Waals surface area contributed by atoms with Crippen molar-refractivity contribution in [1.82, 2.24) is 9.97 Å². The zero-order valence-electron chi connectivity index (χ0n) is 14.4. The van der Waals surface area contributed by atoms with Crippen molar-refractivity contribution in [3.05, 3.63) is 40.7 Å². The Morgan fingerprint density at radius 2 is 1.67 bits per heavy atom. The minimum atomic E-state index is -3.74. The van der Waals surface area contributed by atoms with Crippen molar-refractivity contribution in [2.45, 2.75) is 35.9 Å². The summed E-state index contributed by atoms with van der Waals surface area (Å²) < 4.78 is 28.6. The lowest BCUT2D eigenvalue weighted by Crippen LogP contribution is -2.39. The average Bonchev–Trinajstić information content (AvgIpc) is 3.39. The van der Waals surface area contributed by atoms with Gasteiger partial charge in [0.1, 0.15) is 10.9 Å². The first kappa shape index (κ1) is 17.2. The molecule has 1 aliphatic heterocycles. The van der Waals surface area contributed by atoms with Crippen LogP contribution in [0.5, 0.6) is 0 Å². The first-order valence-electron chi connectivity index (χ1n) is 8.85. The highest BCUT2D eigenvalue weighted by Crippen LogP contribution is 2.42. The highest BCUT2D eigenvalue weighted by Gasteiger charge is 2.41. The van der Waals surface area contributed by atoms with Crippen LogP contribution in [0.15, 0.2) is 40.6 Å². The number of hydrogen-bond acceptors (Lipinski definition) is 6. The highest BCUT2D eigenvalue weighted by atomic mass is 35.5. The fraction of sp³-hybridized carbons (Fsp3) is 0.333. The quantitative estimate of drug-likeness (QED) is 0.633. The van der Waals surface area contributed by atoms with Gasteiger partial charge in [0, 0.05) is 6.04 Å². The predicted octanol–water partition coefficient (Wildman–Crippen LogP) is 4.26. The van der Waals surface area contributed by atoms with E-state index in [0.29, 0.717) is 27.5 Å². The molecule has 2 aliphatic rings. The lowest BCUT2D eigenvalue weighted by molar-refractivity contribution is 0.584. The highest BCUT2D eigenvalue weighted by molar-refractivity contribution is 7.94. The minimum Gasteiger partial charge on any atom is -0.332 e. The van der Waals surface area contributed by atoms with E-state index in [1.807, 2.05) is 24.3 Å². The van der Waals surface area contributed by atoms with Gasteiger partial charge in [0.15, 0.2) is 11.6 Å². The molecule has 0 N–H and O–H groups in total. The SMILES string of the molecule is O=S(=O)(c1ccc(Cl)s1)N1CN(C2CCCC2)c2nc3ccccc3nc21. The molecule has 27 heavy (non-hydrogen) atoms. The zero-order valence-corrected chi connectivity index (χ0v) is 16.8. The molecule has 0 amide bonds.